The lowest BCUT2D eigenvalue weighted by Crippen LogP contribution is -2.43. The summed E-state index contributed by atoms with van der Waals surface area (Å²) >= 11 is 18.9. The maximum absolute atomic E-state index is 13.9. The summed E-state index contributed by atoms with van der Waals surface area (Å²) in [6.07, 6.45) is 6.58. The van der Waals surface area contributed by atoms with Gasteiger partial charge in [-0.25, -0.2) is 0 Å². The standard InChI is InChI=1S/C30H35Cl3N4O2.CH2O2/c1-21-8-15-37(34-21)28(18-23-4-5-24(31)19-27(23)33)30(38)36-13-9-22(10-14-36)26-7-6-25(32)20-29(26)39-17-16-35-11-2-3-12-35;2-1-3/h4-8,15,19-20,22,28H,2-3,9-14,16-18H2,1H3;1H,(H,2,3). The highest BCUT2D eigenvalue weighted by Crippen LogP contribution is 2.37. The normalized spacial score (nSPS) is 16.5. The van der Waals surface area contributed by atoms with Crippen LogP contribution in [0.15, 0.2) is 48.7 Å². The molecule has 2 fully saturated rings. The third-order valence-electron chi connectivity index (χ3n) is 7.86. The van der Waals surface area contributed by atoms with Crippen LogP contribution in [-0.4, -0.2) is 76.4 Å². The third-order valence-corrected chi connectivity index (χ3v) is 8.68. The molecule has 0 bridgehead atoms. The van der Waals surface area contributed by atoms with Crippen LogP contribution in [0.4, 0.5) is 0 Å². The minimum atomic E-state index is -0.478. The molecule has 0 spiro atoms. The fourth-order valence-corrected chi connectivity index (χ4v) is 6.33. The number of halogens is 3. The van der Waals surface area contributed by atoms with Gasteiger partial charge < -0.3 is 14.7 Å². The van der Waals surface area contributed by atoms with Gasteiger partial charge >= 0.3 is 0 Å². The molecule has 5 rings (SSSR count). The van der Waals surface area contributed by atoms with Crippen molar-refractivity contribution in [2.24, 2.45) is 0 Å². The maximum atomic E-state index is 13.9. The Morgan fingerprint density at radius 2 is 1.71 bits per heavy atom. The van der Waals surface area contributed by atoms with E-state index in [1.807, 2.05) is 42.3 Å². The third kappa shape index (κ3) is 8.63. The number of hydrogen-bond donors (Lipinski definition) is 1. The summed E-state index contributed by atoms with van der Waals surface area (Å²) in [7, 11) is 0. The zero-order chi connectivity index (χ0) is 30.1. The number of aryl methyl sites for hydroxylation is 1. The van der Waals surface area contributed by atoms with Crippen molar-refractivity contribution in [1.82, 2.24) is 19.6 Å². The zero-order valence-electron chi connectivity index (χ0n) is 23.7. The smallest absolute Gasteiger partial charge is 0.290 e. The lowest BCUT2D eigenvalue weighted by molar-refractivity contribution is -0.136. The largest absolute Gasteiger partial charge is 0.492 e. The lowest BCUT2D eigenvalue weighted by Gasteiger charge is -2.35. The minimum Gasteiger partial charge on any atom is -0.492 e. The fraction of sp³-hybridized carbons (Fsp3) is 0.452. The van der Waals surface area contributed by atoms with Crippen LogP contribution in [0.25, 0.3) is 0 Å². The monoisotopic (exact) mass is 634 g/mol. The van der Waals surface area contributed by atoms with E-state index in [1.54, 1.807) is 16.8 Å². The van der Waals surface area contributed by atoms with Crippen molar-refractivity contribution in [3.8, 4) is 5.75 Å². The number of hydrogen-bond acceptors (Lipinski definition) is 5. The Bertz CT molecular complexity index is 1340. The molecule has 2 aliphatic rings. The van der Waals surface area contributed by atoms with E-state index in [2.05, 4.69) is 16.1 Å². The van der Waals surface area contributed by atoms with Crippen molar-refractivity contribution in [2.45, 2.75) is 51.0 Å². The first-order valence-corrected chi connectivity index (χ1v) is 15.4. The summed E-state index contributed by atoms with van der Waals surface area (Å²) in [5.41, 5.74) is 2.92. The highest BCUT2D eigenvalue weighted by Gasteiger charge is 2.32. The Morgan fingerprint density at radius 1 is 1.05 bits per heavy atom. The number of nitrogens with zero attached hydrogens (tertiary/aromatic N) is 4. The fourth-order valence-electron chi connectivity index (χ4n) is 5.68. The molecule has 2 aliphatic heterocycles. The van der Waals surface area contributed by atoms with Gasteiger partial charge in [-0.15, -0.1) is 0 Å². The first-order valence-electron chi connectivity index (χ1n) is 14.3. The number of ether oxygens (including phenoxy) is 1. The molecule has 42 heavy (non-hydrogen) atoms. The van der Waals surface area contributed by atoms with E-state index < -0.39 is 6.04 Å². The molecule has 3 heterocycles. The predicted molar refractivity (Wildman–Crippen MR) is 166 cm³/mol. The molecule has 1 amide bonds. The highest BCUT2D eigenvalue weighted by atomic mass is 35.5. The van der Waals surface area contributed by atoms with Gasteiger partial charge in [0, 0.05) is 47.3 Å². The second kappa shape index (κ2) is 15.6. The van der Waals surface area contributed by atoms with Crippen molar-refractivity contribution in [2.75, 3.05) is 39.3 Å². The predicted octanol–water partition coefficient (Wildman–Crippen LogP) is 6.52. The average Bonchev–Trinajstić information content (AvgIpc) is 3.65. The molecule has 226 valence electrons. The topological polar surface area (TPSA) is 87.9 Å². The van der Waals surface area contributed by atoms with Gasteiger partial charge in [0.05, 0.1) is 5.69 Å². The van der Waals surface area contributed by atoms with Gasteiger partial charge in [-0.05, 0) is 93.1 Å². The number of piperidine rings is 1. The van der Waals surface area contributed by atoms with Crippen molar-refractivity contribution >= 4 is 47.2 Å². The van der Waals surface area contributed by atoms with Gasteiger partial charge in [0.1, 0.15) is 18.4 Å². The van der Waals surface area contributed by atoms with E-state index in [0.717, 1.165) is 49.5 Å². The van der Waals surface area contributed by atoms with Gasteiger partial charge in [0.25, 0.3) is 6.47 Å². The number of carbonyl (C=O) groups is 2. The molecule has 1 aromatic heterocycles. The van der Waals surface area contributed by atoms with Gasteiger partial charge in [-0.1, -0.05) is 46.9 Å². The second-order valence-corrected chi connectivity index (χ2v) is 12.0. The molecule has 11 heteroatoms. The van der Waals surface area contributed by atoms with E-state index in [4.69, 9.17) is 49.4 Å². The van der Waals surface area contributed by atoms with Crippen molar-refractivity contribution in [3.05, 3.63) is 80.6 Å². The highest BCUT2D eigenvalue weighted by molar-refractivity contribution is 6.35. The Hall–Kier alpha value is -2.78. The zero-order valence-corrected chi connectivity index (χ0v) is 26.0. The summed E-state index contributed by atoms with van der Waals surface area (Å²) in [6, 6.07) is 12.8. The van der Waals surface area contributed by atoms with Crippen molar-refractivity contribution in [3.63, 3.8) is 0 Å². The summed E-state index contributed by atoms with van der Waals surface area (Å²) in [5, 5.41) is 13.3. The Kier molecular flexibility index (Phi) is 12.0. The van der Waals surface area contributed by atoms with Crippen LogP contribution in [-0.2, 0) is 16.0 Å². The number of amides is 1. The molecule has 0 saturated carbocycles. The van der Waals surface area contributed by atoms with Gasteiger partial charge in [-0.3, -0.25) is 19.2 Å². The molecule has 1 N–H and O–H groups in total. The first kappa shape index (κ1) is 32.1. The van der Waals surface area contributed by atoms with Crippen LogP contribution in [0.3, 0.4) is 0 Å². The molecule has 1 unspecified atom stereocenters. The number of carbonyl (C=O) groups excluding carboxylic acids is 1. The lowest BCUT2D eigenvalue weighted by atomic mass is 9.88. The van der Waals surface area contributed by atoms with E-state index in [9.17, 15) is 4.79 Å². The van der Waals surface area contributed by atoms with Crippen molar-refractivity contribution in [1.29, 1.82) is 0 Å². The van der Waals surface area contributed by atoms with Crippen LogP contribution in [0.5, 0.6) is 5.75 Å². The van der Waals surface area contributed by atoms with Crippen LogP contribution in [0, 0.1) is 6.92 Å². The SMILES string of the molecule is Cc1ccn(C(Cc2ccc(Cl)cc2Cl)C(=O)N2CCC(c3ccc(Cl)cc3OCCN3CCCC3)CC2)n1.O=CO. The molecule has 8 nitrogen and oxygen atoms in total. The molecule has 0 radical (unpaired) electrons. The van der Waals surface area contributed by atoms with Gasteiger partial charge in [0.15, 0.2) is 0 Å². The van der Waals surface area contributed by atoms with E-state index in [-0.39, 0.29) is 12.4 Å². The number of carboxylic acid groups (broad SMARTS) is 1. The summed E-state index contributed by atoms with van der Waals surface area (Å²) in [4.78, 5) is 26.6. The molecular weight excluding hydrogens is 599 g/mol. The van der Waals surface area contributed by atoms with E-state index >= 15 is 0 Å². The Labute approximate surface area is 262 Å². The number of aromatic nitrogens is 2. The number of rotatable bonds is 9. The second-order valence-electron chi connectivity index (χ2n) is 10.7. The van der Waals surface area contributed by atoms with Crippen LogP contribution in [0.2, 0.25) is 15.1 Å². The van der Waals surface area contributed by atoms with Gasteiger partial charge in [0.2, 0.25) is 5.91 Å². The maximum Gasteiger partial charge on any atom is 0.290 e. The summed E-state index contributed by atoms with van der Waals surface area (Å²) < 4.78 is 8.02. The van der Waals surface area contributed by atoms with E-state index in [0.29, 0.717) is 47.1 Å². The molecular formula is C31H37Cl3N4O4. The molecule has 2 aromatic carbocycles. The molecule has 0 aliphatic carbocycles. The molecule has 1 atom stereocenters. The first-order chi connectivity index (χ1) is 20.3. The van der Waals surface area contributed by atoms with Crippen molar-refractivity contribution < 1.29 is 19.4 Å². The Morgan fingerprint density at radius 3 is 2.36 bits per heavy atom. The number of likely N-dealkylation sites (tertiary alicyclic amines) is 2. The minimum absolute atomic E-state index is 0.0563. The molecule has 2 saturated heterocycles. The van der Waals surface area contributed by atoms with E-state index in [1.165, 1.54) is 18.4 Å². The summed E-state index contributed by atoms with van der Waals surface area (Å²) in [6.45, 7) is 6.92. The Balaban J connectivity index is 0.00000129. The van der Waals surface area contributed by atoms with Crippen LogP contribution in [0.1, 0.15) is 54.5 Å². The van der Waals surface area contributed by atoms with Gasteiger partial charge in [-0.2, -0.15) is 5.10 Å². The molecule has 3 aromatic rings. The quantitative estimate of drug-likeness (QED) is 0.270. The van der Waals surface area contributed by atoms with Crippen LogP contribution < -0.4 is 4.74 Å². The summed E-state index contributed by atoms with van der Waals surface area (Å²) in [5.74, 6) is 1.23. The average molecular weight is 636 g/mol. The number of benzene rings is 2. The van der Waals surface area contributed by atoms with Crippen LogP contribution >= 0.6 is 34.8 Å².